The Morgan fingerprint density at radius 3 is 0.859 bits per heavy atom. The summed E-state index contributed by atoms with van der Waals surface area (Å²) in [5, 5.41) is 0. The van der Waals surface area contributed by atoms with Crippen LogP contribution in [0.1, 0.15) is 316 Å². The molecule has 6 heteroatoms. The normalized spacial score (nSPS) is 12.4. The highest BCUT2D eigenvalue weighted by atomic mass is 16.6. The lowest BCUT2D eigenvalue weighted by molar-refractivity contribution is -0.167. The fourth-order valence-electron chi connectivity index (χ4n) is 8.94. The van der Waals surface area contributed by atoms with E-state index >= 15 is 0 Å². The van der Waals surface area contributed by atoms with Crippen LogP contribution in [-0.2, 0) is 28.6 Å². The number of hydrogen-bond acceptors (Lipinski definition) is 6. The number of carbonyl (C=O) groups excluding carboxylic acids is 3. The van der Waals surface area contributed by atoms with Crippen molar-refractivity contribution < 1.29 is 28.6 Å². The van der Waals surface area contributed by atoms with Crippen molar-refractivity contribution in [3.8, 4) is 0 Å². The van der Waals surface area contributed by atoms with E-state index in [2.05, 4.69) is 81.5 Å². The highest BCUT2D eigenvalue weighted by Gasteiger charge is 2.19. The third kappa shape index (κ3) is 57.9. The molecular weight excluding hydrogens is 877 g/mol. The molecule has 0 N–H and O–H groups in total. The molecule has 0 bridgehead atoms. The van der Waals surface area contributed by atoms with Crippen LogP contribution in [0.15, 0.2) is 60.8 Å². The SMILES string of the molecule is CC/C=C\C/C=C\C/C=C\C/C=C\C/C=C\CCCCCCCCCCCCCCCCCC(=O)OCC(COC(=O)CCCCCCCCC)OC(=O)CCCCCCCCCCCCCCCCC. The summed E-state index contributed by atoms with van der Waals surface area (Å²) in [6.45, 7) is 6.52. The third-order valence-electron chi connectivity index (χ3n) is 13.5. The highest BCUT2D eigenvalue weighted by molar-refractivity contribution is 5.71. The second kappa shape index (κ2) is 59.7. The van der Waals surface area contributed by atoms with Crippen molar-refractivity contribution in [2.45, 2.75) is 322 Å². The van der Waals surface area contributed by atoms with Crippen LogP contribution >= 0.6 is 0 Å². The monoisotopic (exact) mass is 993 g/mol. The van der Waals surface area contributed by atoms with Crippen LogP contribution in [0.2, 0.25) is 0 Å². The van der Waals surface area contributed by atoms with Crippen molar-refractivity contribution in [2.75, 3.05) is 13.2 Å². The van der Waals surface area contributed by atoms with Gasteiger partial charge in [0.2, 0.25) is 0 Å². The second-order valence-electron chi connectivity index (χ2n) is 20.6. The minimum absolute atomic E-state index is 0.0688. The zero-order chi connectivity index (χ0) is 51.4. The molecule has 1 unspecified atom stereocenters. The number of rotatable bonds is 56. The van der Waals surface area contributed by atoms with Gasteiger partial charge in [-0.25, -0.2) is 0 Å². The summed E-state index contributed by atoms with van der Waals surface area (Å²) < 4.78 is 16.8. The first-order valence-electron chi connectivity index (χ1n) is 30.8. The summed E-state index contributed by atoms with van der Waals surface area (Å²) in [6.07, 6.45) is 75.4. The van der Waals surface area contributed by atoms with E-state index in [4.69, 9.17) is 14.2 Å². The van der Waals surface area contributed by atoms with Gasteiger partial charge in [-0.15, -0.1) is 0 Å². The van der Waals surface area contributed by atoms with Crippen LogP contribution in [0.3, 0.4) is 0 Å². The molecule has 0 aromatic heterocycles. The Labute approximate surface area is 440 Å². The van der Waals surface area contributed by atoms with E-state index in [0.29, 0.717) is 19.3 Å². The van der Waals surface area contributed by atoms with E-state index in [1.54, 1.807) is 0 Å². The quantitative estimate of drug-likeness (QED) is 0.0261. The predicted molar refractivity (Wildman–Crippen MR) is 307 cm³/mol. The van der Waals surface area contributed by atoms with Gasteiger partial charge in [0.25, 0.3) is 0 Å². The molecule has 0 heterocycles. The highest BCUT2D eigenvalue weighted by Crippen LogP contribution is 2.17. The number of carbonyl (C=O) groups is 3. The number of esters is 3. The Balaban J connectivity index is 4.03. The molecule has 412 valence electrons. The van der Waals surface area contributed by atoms with Crippen LogP contribution in [0.4, 0.5) is 0 Å². The molecule has 0 saturated carbocycles. The Bertz CT molecular complexity index is 1280. The maximum absolute atomic E-state index is 12.8. The second-order valence-corrected chi connectivity index (χ2v) is 20.6. The van der Waals surface area contributed by atoms with E-state index < -0.39 is 6.10 Å². The number of hydrogen-bond donors (Lipinski definition) is 0. The van der Waals surface area contributed by atoms with Crippen LogP contribution < -0.4 is 0 Å². The summed E-state index contributed by atoms with van der Waals surface area (Å²) in [7, 11) is 0. The van der Waals surface area contributed by atoms with Gasteiger partial charge >= 0.3 is 17.9 Å². The molecule has 0 spiro atoms. The van der Waals surface area contributed by atoms with Crippen molar-refractivity contribution in [1.82, 2.24) is 0 Å². The van der Waals surface area contributed by atoms with E-state index in [1.165, 1.54) is 186 Å². The zero-order valence-electron chi connectivity index (χ0n) is 47.2. The molecular formula is C65H116O6. The summed E-state index contributed by atoms with van der Waals surface area (Å²) in [4.78, 5) is 38.0. The number of ether oxygens (including phenoxy) is 3. The third-order valence-corrected chi connectivity index (χ3v) is 13.5. The van der Waals surface area contributed by atoms with Gasteiger partial charge in [-0.1, -0.05) is 293 Å². The zero-order valence-corrected chi connectivity index (χ0v) is 47.2. The minimum atomic E-state index is -0.767. The standard InChI is InChI=1S/C65H116O6/c1-4-7-10-13-16-18-20-22-24-25-26-27-28-29-30-31-32-33-34-35-36-37-38-39-41-42-44-46-49-52-55-58-64(67)70-61-62(60-69-63(66)57-54-51-48-15-12-9-6-3)71-65(68)59-56-53-50-47-45-43-40-23-21-19-17-14-11-8-5-2/h7,10,16,18,22,24,26-27,29-30,62H,4-6,8-9,11-15,17,19-21,23,25,28,31-61H2,1-3H3/b10-7-,18-16-,24-22-,27-26-,30-29-. The lowest BCUT2D eigenvalue weighted by Crippen LogP contribution is -2.30. The lowest BCUT2D eigenvalue weighted by Gasteiger charge is -2.18. The van der Waals surface area contributed by atoms with Crippen molar-refractivity contribution in [1.29, 1.82) is 0 Å². The van der Waals surface area contributed by atoms with E-state index in [-0.39, 0.29) is 31.1 Å². The molecule has 6 nitrogen and oxygen atoms in total. The van der Waals surface area contributed by atoms with Gasteiger partial charge < -0.3 is 14.2 Å². The average molecular weight is 994 g/mol. The first-order chi connectivity index (χ1) is 35.0. The molecule has 0 aromatic carbocycles. The van der Waals surface area contributed by atoms with Gasteiger partial charge in [-0.05, 0) is 64.2 Å². The van der Waals surface area contributed by atoms with Crippen LogP contribution in [0.5, 0.6) is 0 Å². The Morgan fingerprint density at radius 1 is 0.296 bits per heavy atom. The van der Waals surface area contributed by atoms with Gasteiger partial charge in [0.05, 0.1) is 0 Å². The molecule has 0 aliphatic rings. The van der Waals surface area contributed by atoms with Gasteiger partial charge in [-0.2, -0.15) is 0 Å². The molecule has 0 amide bonds. The van der Waals surface area contributed by atoms with Gasteiger partial charge in [0.1, 0.15) is 13.2 Å². The maximum atomic E-state index is 12.8. The van der Waals surface area contributed by atoms with Gasteiger partial charge in [-0.3, -0.25) is 14.4 Å². The molecule has 0 rings (SSSR count). The number of allylic oxidation sites excluding steroid dienone is 10. The Kier molecular flexibility index (Phi) is 57.2. The molecule has 0 aliphatic heterocycles. The summed E-state index contributed by atoms with van der Waals surface area (Å²) >= 11 is 0. The largest absolute Gasteiger partial charge is 0.462 e. The van der Waals surface area contributed by atoms with Crippen molar-refractivity contribution in [2.24, 2.45) is 0 Å². The fraction of sp³-hybridized carbons (Fsp3) is 0.800. The fourth-order valence-corrected chi connectivity index (χ4v) is 8.94. The van der Waals surface area contributed by atoms with Gasteiger partial charge in [0, 0.05) is 19.3 Å². The average Bonchev–Trinajstić information content (AvgIpc) is 3.37. The molecule has 0 fully saturated rings. The van der Waals surface area contributed by atoms with Crippen molar-refractivity contribution >= 4 is 17.9 Å². The summed E-state index contributed by atoms with van der Waals surface area (Å²) in [5.41, 5.74) is 0. The van der Waals surface area contributed by atoms with Crippen LogP contribution in [-0.4, -0.2) is 37.2 Å². The van der Waals surface area contributed by atoms with Crippen LogP contribution in [0.25, 0.3) is 0 Å². The van der Waals surface area contributed by atoms with Crippen molar-refractivity contribution in [3.63, 3.8) is 0 Å². The molecule has 0 aromatic rings. The van der Waals surface area contributed by atoms with Crippen LogP contribution in [0, 0.1) is 0 Å². The summed E-state index contributed by atoms with van der Waals surface area (Å²) in [6, 6.07) is 0. The first kappa shape index (κ1) is 68.1. The Hall–Kier alpha value is -2.89. The first-order valence-corrected chi connectivity index (χ1v) is 30.8. The summed E-state index contributed by atoms with van der Waals surface area (Å²) in [5.74, 6) is -0.859. The topological polar surface area (TPSA) is 78.9 Å². The predicted octanol–water partition coefficient (Wildman–Crippen LogP) is 20.8. The molecule has 0 saturated heterocycles. The minimum Gasteiger partial charge on any atom is -0.462 e. The van der Waals surface area contributed by atoms with E-state index in [1.807, 2.05) is 0 Å². The smallest absolute Gasteiger partial charge is 0.306 e. The molecule has 71 heavy (non-hydrogen) atoms. The maximum Gasteiger partial charge on any atom is 0.306 e. The lowest BCUT2D eigenvalue weighted by atomic mass is 10.0. The molecule has 0 radical (unpaired) electrons. The van der Waals surface area contributed by atoms with Gasteiger partial charge in [0.15, 0.2) is 6.10 Å². The molecule has 0 aliphatic carbocycles. The Morgan fingerprint density at radius 2 is 0.549 bits per heavy atom. The number of unbranched alkanes of at least 4 members (excludes halogenated alkanes) is 35. The van der Waals surface area contributed by atoms with E-state index in [0.717, 1.165) is 89.9 Å². The van der Waals surface area contributed by atoms with E-state index in [9.17, 15) is 14.4 Å². The van der Waals surface area contributed by atoms with Crippen molar-refractivity contribution in [3.05, 3.63) is 60.8 Å². The molecule has 1 atom stereocenters.